The van der Waals surface area contributed by atoms with E-state index in [0.717, 1.165) is 12.8 Å². The topological polar surface area (TPSA) is 0 Å². The van der Waals surface area contributed by atoms with E-state index in [9.17, 15) is 0 Å². The summed E-state index contributed by atoms with van der Waals surface area (Å²) in [6, 6.07) is 40.3. The van der Waals surface area contributed by atoms with Crippen molar-refractivity contribution in [3.8, 4) is 22.3 Å². The van der Waals surface area contributed by atoms with Gasteiger partial charge in [-0.25, -0.2) is 0 Å². The SMILES string of the molecule is CCc1[cH-]c2cccc(-c3ccccc3)c2c1C(C)(C)c1c(CC)[cH-]c2cccc(-c3ccccc3)c12.[CH3-].[CH3-].[Zr+4]. The zero-order valence-electron chi connectivity index (χ0n) is 24.8. The van der Waals surface area contributed by atoms with Crippen LogP contribution in [0.25, 0.3) is 43.8 Å². The van der Waals surface area contributed by atoms with Crippen LogP contribution in [0.4, 0.5) is 0 Å². The number of aryl methyl sites for hydroxylation is 2. The molecule has 1 heteroatoms. The van der Waals surface area contributed by atoms with Gasteiger partial charge in [-0.05, 0) is 24.0 Å². The van der Waals surface area contributed by atoms with Crippen molar-refractivity contribution in [3.05, 3.63) is 146 Å². The maximum atomic E-state index is 2.46. The third-order valence-electron chi connectivity index (χ3n) is 8.18. The average Bonchev–Trinajstić information content (AvgIpc) is 3.53. The van der Waals surface area contributed by atoms with Crippen molar-refractivity contribution in [1.82, 2.24) is 0 Å². The monoisotopic (exact) mass is 598 g/mol. The van der Waals surface area contributed by atoms with Crippen LogP contribution in [0, 0.1) is 14.9 Å². The van der Waals surface area contributed by atoms with Crippen molar-refractivity contribution in [2.75, 3.05) is 0 Å². The Bertz CT molecular complexity index is 1570. The summed E-state index contributed by atoms with van der Waals surface area (Å²) in [4.78, 5) is 0. The Hall–Kier alpha value is -3.02. The van der Waals surface area contributed by atoms with Crippen LogP contribution >= 0.6 is 0 Å². The van der Waals surface area contributed by atoms with Crippen LogP contribution in [-0.2, 0) is 44.5 Å². The van der Waals surface area contributed by atoms with Gasteiger partial charge in [0.25, 0.3) is 0 Å². The second-order valence-corrected chi connectivity index (χ2v) is 10.7. The van der Waals surface area contributed by atoms with Gasteiger partial charge in [0.1, 0.15) is 0 Å². The molecule has 0 aliphatic heterocycles. The number of fused-ring (bicyclic) bond motifs is 2. The van der Waals surface area contributed by atoms with E-state index >= 15 is 0 Å². The summed E-state index contributed by atoms with van der Waals surface area (Å²) >= 11 is 0. The van der Waals surface area contributed by atoms with Crippen LogP contribution in [0.15, 0.2) is 109 Å². The molecule has 0 N–H and O–H groups in total. The van der Waals surface area contributed by atoms with Crippen LogP contribution in [0.3, 0.4) is 0 Å². The van der Waals surface area contributed by atoms with E-state index in [1.54, 1.807) is 0 Å². The molecule has 0 aliphatic rings. The van der Waals surface area contributed by atoms with Gasteiger partial charge < -0.3 is 14.9 Å². The molecule has 200 valence electrons. The fourth-order valence-corrected chi connectivity index (χ4v) is 6.61. The summed E-state index contributed by atoms with van der Waals surface area (Å²) < 4.78 is 0. The van der Waals surface area contributed by atoms with Gasteiger partial charge in [-0.3, -0.25) is 0 Å². The maximum absolute atomic E-state index is 2.46. The van der Waals surface area contributed by atoms with Gasteiger partial charge in [0, 0.05) is 0 Å². The van der Waals surface area contributed by atoms with Crippen molar-refractivity contribution in [2.24, 2.45) is 0 Å². The molecule has 0 saturated heterocycles. The predicted octanol–water partition coefficient (Wildman–Crippen LogP) is 11.1. The quantitative estimate of drug-likeness (QED) is 0.167. The number of rotatable bonds is 6. The van der Waals surface area contributed by atoms with Crippen molar-refractivity contribution < 1.29 is 26.2 Å². The van der Waals surface area contributed by atoms with Crippen molar-refractivity contribution in [3.63, 3.8) is 0 Å². The van der Waals surface area contributed by atoms with E-state index in [-0.39, 0.29) is 46.5 Å². The second-order valence-electron chi connectivity index (χ2n) is 10.7. The summed E-state index contributed by atoms with van der Waals surface area (Å²) in [5.41, 5.74) is 10.9. The molecule has 0 bridgehead atoms. The maximum Gasteiger partial charge on any atom is 4.00 e. The molecular formula is C39H40Zr. The Morgan fingerprint density at radius 3 is 1.25 bits per heavy atom. The molecule has 0 heterocycles. The van der Waals surface area contributed by atoms with E-state index in [4.69, 9.17) is 0 Å². The molecule has 6 rings (SSSR count). The summed E-state index contributed by atoms with van der Waals surface area (Å²) in [5, 5.41) is 5.50. The van der Waals surface area contributed by atoms with Crippen LogP contribution in [-0.4, -0.2) is 0 Å². The molecule has 0 atom stereocenters. The minimum atomic E-state index is -0.171. The van der Waals surface area contributed by atoms with Gasteiger partial charge >= 0.3 is 26.2 Å². The predicted molar refractivity (Wildman–Crippen MR) is 174 cm³/mol. The Kier molecular flexibility index (Phi) is 9.97. The van der Waals surface area contributed by atoms with Crippen LogP contribution < -0.4 is 0 Å². The third kappa shape index (κ3) is 5.10. The molecule has 0 nitrogen and oxygen atoms in total. The van der Waals surface area contributed by atoms with Gasteiger partial charge in [0.2, 0.25) is 0 Å². The summed E-state index contributed by atoms with van der Waals surface area (Å²) in [6.07, 6.45) is 2.04. The number of hydrogen-bond acceptors (Lipinski definition) is 0. The molecule has 0 radical (unpaired) electrons. The fourth-order valence-electron chi connectivity index (χ4n) is 6.61. The Morgan fingerprint density at radius 2 is 0.900 bits per heavy atom. The van der Waals surface area contributed by atoms with Crippen molar-refractivity contribution in [2.45, 2.75) is 46.0 Å². The van der Waals surface area contributed by atoms with E-state index in [0.29, 0.717) is 0 Å². The zero-order valence-corrected chi connectivity index (χ0v) is 27.3. The minimum Gasteiger partial charge on any atom is -0.358 e. The Labute approximate surface area is 260 Å². The average molecular weight is 600 g/mol. The van der Waals surface area contributed by atoms with Crippen LogP contribution in [0.5, 0.6) is 0 Å². The third-order valence-corrected chi connectivity index (χ3v) is 8.18. The molecule has 0 spiro atoms. The molecule has 0 unspecified atom stereocenters. The zero-order chi connectivity index (χ0) is 25.6. The molecule has 40 heavy (non-hydrogen) atoms. The second kappa shape index (κ2) is 12.7. The molecule has 0 fully saturated rings. The smallest absolute Gasteiger partial charge is 0.358 e. The van der Waals surface area contributed by atoms with Gasteiger partial charge in [-0.15, -0.1) is 80.2 Å². The van der Waals surface area contributed by atoms with Gasteiger partial charge in [-0.1, -0.05) is 117 Å². The summed E-state index contributed by atoms with van der Waals surface area (Å²) in [5.74, 6) is 0. The minimum absolute atomic E-state index is 0. The Morgan fingerprint density at radius 1 is 0.525 bits per heavy atom. The standard InChI is InChI=1S/C37H34.2CH3.Zr/c1-5-25-23-29-19-13-21-31(27-15-9-7-10-16-27)33(29)35(25)37(3,4)36-26(6-2)24-30-20-14-22-32(34(30)36)28-17-11-8-12-18-28;;;/h7-24H,5-6H2,1-4H3;2*1H3;/q-2;2*-1;+4. The van der Waals surface area contributed by atoms with Crippen LogP contribution in [0.2, 0.25) is 0 Å². The van der Waals surface area contributed by atoms with E-state index in [2.05, 4.69) is 137 Å². The molecule has 6 aromatic carbocycles. The van der Waals surface area contributed by atoms with Crippen molar-refractivity contribution >= 4 is 21.5 Å². The molecule has 0 aliphatic carbocycles. The van der Waals surface area contributed by atoms with Crippen LogP contribution in [0.1, 0.15) is 49.9 Å². The van der Waals surface area contributed by atoms with Gasteiger partial charge in [-0.2, -0.15) is 0 Å². The van der Waals surface area contributed by atoms with E-state index in [1.807, 2.05) is 0 Å². The van der Waals surface area contributed by atoms with Crippen molar-refractivity contribution in [1.29, 1.82) is 0 Å². The fraction of sp³-hybridized carbons (Fsp3) is 0.179. The first-order valence-corrected chi connectivity index (χ1v) is 13.6. The van der Waals surface area contributed by atoms with E-state index < -0.39 is 0 Å². The van der Waals surface area contributed by atoms with Gasteiger partial charge in [0.15, 0.2) is 0 Å². The molecule has 6 aromatic rings. The largest absolute Gasteiger partial charge is 4.00 e. The number of hydrogen-bond donors (Lipinski definition) is 0. The first-order chi connectivity index (χ1) is 18.0. The molecule has 0 aromatic heterocycles. The summed E-state index contributed by atoms with van der Waals surface area (Å²) in [7, 11) is 0. The van der Waals surface area contributed by atoms with E-state index in [1.165, 1.54) is 66.1 Å². The normalized spacial score (nSPS) is 11.1. The first-order valence-electron chi connectivity index (χ1n) is 13.6. The molecular weight excluding hydrogens is 560 g/mol. The molecule has 0 saturated carbocycles. The van der Waals surface area contributed by atoms with Gasteiger partial charge in [0.05, 0.1) is 0 Å². The molecule has 0 amide bonds. The first kappa shape index (κ1) is 31.5. The Balaban J connectivity index is 0.00000147. The summed E-state index contributed by atoms with van der Waals surface area (Å²) in [6.45, 7) is 9.52. The number of benzene rings is 4.